The molecule has 3 heterocycles. The van der Waals surface area contributed by atoms with Gasteiger partial charge >= 0.3 is 0 Å². The van der Waals surface area contributed by atoms with Crippen LogP contribution in [0.4, 0.5) is 0 Å². The molecule has 1 spiro atoms. The van der Waals surface area contributed by atoms with Crippen molar-refractivity contribution in [2.45, 2.75) is 58.9 Å². The van der Waals surface area contributed by atoms with Crippen molar-refractivity contribution >= 4 is 17.2 Å². The molecule has 0 bridgehead atoms. The minimum atomic E-state index is -0.118. The molecular formula is C34H44N4O3S. The summed E-state index contributed by atoms with van der Waals surface area (Å²) >= 11 is 1.79. The van der Waals surface area contributed by atoms with E-state index in [0.29, 0.717) is 12.0 Å². The number of aliphatic hydroxyl groups is 1. The Morgan fingerprint density at radius 2 is 1.74 bits per heavy atom. The van der Waals surface area contributed by atoms with E-state index in [1.54, 1.807) is 11.3 Å². The van der Waals surface area contributed by atoms with Crippen LogP contribution in [0.3, 0.4) is 0 Å². The number of piperidine rings is 1. The first-order chi connectivity index (χ1) is 20.4. The SMILES string of the molecule is Cc1c(OCCCN2CCC3(CC2)CC(C(N)=O)C3)cccc1-c1cccc(-c2nc3c(s2)CN(CCO)CC3)c1C. The number of carbonyl (C=O) groups is 1. The number of amides is 1. The van der Waals surface area contributed by atoms with E-state index in [1.807, 2.05) is 0 Å². The monoisotopic (exact) mass is 588 g/mol. The molecule has 224 valence electrons. The minimum Gasteiger partial charge on any atom is -0.493 e. The third-order valence-electron chi connectivity index (χ3n) is 9.92. The number of benzene rings is 2. The maximum atomic E-state index is 11.4. The molecular weight excluding hydrogens is 544 g/mol. The number of β-amino-alcohol motifs (C(OH)–C–C–N with tert-alkyl or cyclic N) is 1. The first-order valence-electron chi connectivity index (χ1n) is 15.5. The Bertz CT molecular complexity index is 1420. The second kappa shape index (κ2) is 12.4. The van der Waals surface area contributed by atoms with Crippen LogP contribution >= 0.6 is 11.3 Å². The summed E-state index contributed by atoms with van der Waals surface area (Å²) in [5, 5.41) is 10.4. The lowest BCUT2D eigenvalue weighted by Crippen LogP contribution is -2.50. The van der Waals surface area contributed by atoms with Gasteiger partial charge in [-0.1, -0.05) is 30.3 Å². The molecule has 1 amide bonds. The molecule has 3 N–H and O–H groups in total. The average molecular weight is 589 g/mol. The predicted octanol–water partition coefficient (Wildman–Crippen LogP) is 5.19. The van der Waals surface area contributed by atoms with Gasteiger partial charge < -0.3 is 20.5 Å². The Morgan fingerprint density at radius 1 is 1.02 bits per heavy atom. The summed E-state index contributed by atoms with van der Waals surface area (Å²) in [5.41, 5.74) is 13.1. The van der Waals surface area contributed by atoms with Gasteiger partial charge in [0.25, 0.3) is 0 Å². The lowest BCUT2D eigenvalue weighted by molar-refractivity contribution is -0.131. The van der Waals surface area contributed by atoms with Crippen LogP contribution in [0.1, 0.15) is 53.8 Å². The van der Waals surface area contributed by atoms with Gasteiger partial charge in [0.15, 0.2) is 0 Å². The number of ether oxygens (including phenoxy) is 1. The molecule has 1 saturated carbocycles. The summed E-state index contributed by atoms with van der Waals surface area (Å²) in [7, 11) is 0. The highest BCUT2D eigenvalue weighted by atomic mass is 32.1. The normalized spacial score (nSPS) is 19.0. The molecule has 0 unspecified atom stereocenters. The van der Waals surface area contributed by atoms with E-state index in [-0.39, 0.29) is 18.4 Å². The van der Waals surface area contributed by atoms with Crippen LogP contribution in [-0.2, 0) is 17.8 Å². The number of hydrogen-bond acceptors (Lipinski definition) is 7. The van der Waals surface area contributed by atoms with Gasteiger partial charge in [-0.15, -0.1) is 11.3 Å². The molecule has 1 aromatic heterocycles. The first-order valence-corrected chi connectivity index (χ1v) is 16.3. The molecule has 2 aliphatic heterocycles. The maximum absolute atomic E-state index is 11.4. The maximum Gasteiger partial charge on any atom is 0.220 e. The van der Waals surface area contributed by atoms with Crippen molar-refractivity contribution in [2.75, 3.05) is 45.9 Å². The van der Waals surface area contributed by atoms with E-state index < -0.39 is 0 Å². The highest BCUT2D eigenvalue weighted by Gasteiger charge is 2.47. The zero-order valence-corrected chi connectivity index (χ0v) is 25.8. The number of nitrogens with two attached hydrogens (primary N) is 1. The summed E-state index contributed by atoms with van der Waals surface area (Å²) in [5.74, 6) is 0.945. The summed E-state index contributed by atoms with van der Waals surface area (Å²) in [6.07, 6.45) is 6.30. The smallest absolute Gasteiger partial charge is 0.220 e. The van der Waals surface area contributed by atoms with Crippen molar-refractivity contribution in [2.24, 2.45) is 17.1 Å². The molecule has 0 radical (unpaired) electrons. The van der Waals surface area contributed by atoms with E-state index >= 15 is 0 Å². The molecule has 3 aromatic rings. The van der Waals surface area contributed by atoms with Crippen LogP contribution in [-0.4, -0.2) is 71.7 Å². The third kappa shape index (κ3) is 6.00. The number of hydrogen-bond donors (Lipinski definition) is 2. The summed E-state index contributed by atoms with van der Waals surface area (Å²) in [6.45, 7) is 11.1. The number of fused-ring (bicyclic) bond motifs is 1. The minimum absolute atomic E-state index is 0.108. The fourth-order valence-corrected chi connectivity index (χ4v) is 8.47. The standard InChI is InChI=1S/C34H44N4O3S/c1-23-26(6-3-8-28(23)33-36-29-10-14-38(17-18-39)22-31(29)42-33)27-7-4-9-30(24(27)2)41-19-5-13-37-15-11-34(12-16-37)20-25(21-34)32(35)40/h3-4,6-9,25,39H,5,10-22H2,1-2H3,(H2,35,40). The van der Waals surface area contributed by atoms with Gasteiger partial charge in [-0.3, -0.25) is 9.69 Å². The fraction of sp³-hybridized carbons (Fsp3) is 0.529. The molecule has 7 nitrogen and oxygen atoms in total. The number of nitrogens with zero attached hydrogens (tertiary/aromatic N) is 3. The van der Waals surface area contributed by atoms with E-state index in [9.17, 15) is 9.90 Å². The number of aromatic nitrogens is 1. The molecule has 3 aliphatic rings. The highest BCUT2D eigenvalue weighted by Crippen LogP contribution is 2.52. The van der Waals surface area contributed by atoms with Gasteiger partial charge in [0.2, 0.25) is 5.91 Å². The highest BCUT2D eigenvalue weighted by molar-refractivity contribution is 7.15. The van der Waals surface area contributed by atoms with Gasteiger partial charge in [-0.2, -0.15) is 0 Å². The number of primary amides is 1. The van der Waals surface area contributed by atoms with Gasteiger partial charge in [0.05, 0.1) is 18.9 Å². The number of aliphatic hydroxyl groups excluding tert-OH is 1. The molecule has 2 fully saturated rings. The predicted molar refractivity (Wildman–Crippen MR) is 169 cm³/mol. The Hall–Kier alpha value is -2.78. The Morgan fingerprint density at radius 3 is 2.48 bits per heavy atom. The van der Waals surface area contributed by atoms with Crippen molar-refractivity contribution in [1.82, 2.24) is 14.8 Å². The molecule has 0 atom stereocenters. The molecule has 6 rings (SSSR count). The molecule has 1 aliphatic carbocycles. The molecule has 2 aromatic carbocycles. The zero-order chi connectivity index (χ0) is 29.3. The van der Waals surface area contributed by atoms with Crippen LogP contribution in [0.5, 0.6) is 5.75 Å². The topological polar surface area (TPSA) is 91.9 Å². The van der Waals surface area contributed by atoms with E-state index in [0.717, 1.165) is 75.7 Å². The van der Waals surface area contributed by atoms with E-state index in [2.05, 4.69) is 60.0 Å². The van der Waals surface area contributed by atoms with Gasteiger partial charge in [-0.25, -0.2) is 4.98 Å². The fourth-order valence-electron chi connectivity index (χ4n) is 7.23. The second-order valence-electron chi connectivity index (χ2n) is 12.6. The van der Waals surface area contributed by atoms with Gasteiger partial charge in [-0.05, 0) is 92.8 Å². The van der Waals surface area contributed by atoms with Crippen molar-refractivity contribution in [1.29, 1.82) is 0 Å². The van der Waals surface area contributed by atoms with Crippen LogP contribution in [0.25, 0.3) is 21.7 Å². The van der Waals surface area contributed by atoms with Crippen molar-refractivity contribution in [3.8, 4) is 27.4 Å². The van der Waals surface area contributed by atoms with Crippen LogP contribution in [0, 0.1) is 25.2 Å². The average Bonchev–Trinajstić information content (AvgIpc) is 3.39. The number of carbonyl (C=O) groups excluding carboxylic acids is 1. The van der Waals surface area contributed by atoms with E-state index in [1.165, 1.54) is 51.2 Å². The summed E-state index contributed by atoms with van der Waals surface area (Å²) in [4.78, 5) is 22.7. The summed E-state index contributed by atoms with van der Waals surface area (Å²) in [6, 6.07) is 12.9. The Kier molecular flexibility index (Phi) is 8.68. The lowest BCUT2D eigenvalue weighted by atomic mass is 9.57. The first kappa shape index (κ1) is 29.3. The van der Waals surface area contributed by atoms with E-state index in [4.69, 9.17) is 15.5 Å². The lowest BCUT2D eigenvalue weighted by Gasteiger charge is -2.51. The van der Waals surface area contributed by atoms with Gasteiger partial charge in [0.1, 0.15) is 10.8 Å². The van der Waals surface area contributed by atoms with Crippen LogP contribution in [0.2, 0.25) is 0 Å². The number of thiazole rings is 1. The van der Waals surface area contributed by atoms with Crippen molar-refractivity contribution in [3.63, 3.8) is 0 Å². The molecule has 1 saturated heterocycles. The largest absolute Gasteiger partial charge is 0.493 e. The number of rotatable bonds is 10. The zero-order valence-electron chi connectivity index (χ0n) is 25.0. The van der Waals surface area contributed by atoms with Crippen molar-refractivity contribution < 1.29 is 14.6 Å². The van der Waals surface area contributed by atoms with Crippen LogP contribution < -0.4 is 10.5 Å². The van der Waals surface area contributed by atoms with Gasteiger partial charge in [0, 0.05) is 49.0 Å². The Labute approximate surface area is 253 Å². The number of likely N-dealkylation sites (tertiary alicyclic amines) is 1. The summed E-state index contributed by atoms with van der Waals surface area (Å²) < 4.78 is 6.33. The second-order valence-corrected chi connectivity index (χ2v) is 13.7. The Balaban J connectivity index is 1.07. The quantitative estimate of drug-likeness (QED) is 0.317. The molecule has 8 heteroatoms. The third-order valence-corrected chi connectivity index (χ3v) is 11.0. The van der Waals surface area contributed by atoms with Crippen molar-refractivity contribution in [3.05, 3.63) is 58.1 Å². The van der Waals surface area contributed by atoms with Crippen LogP contribution in [0.15, 0.2) is 36.4 Å². The molecule has 42 heavy (non-hydrogen) atoms.